The van der Waals surface area contributed by atoms with Crippen molar-refractivity contribution in [2.75, 3.05) is 19.6 Å². The van der Waals surface area contributed by atoms with Crippen LogP contribution in [0.5, 0.6) is 5.75 Å². The summed E-state index contributed by atoms with van der Waals surface area (Å²) in [5, 5.41) is 35.9. The van der Waals surface area contributed by atoms with E-state index in [9.17, 15) is 15.2 Å². The van der Waals surface area contributed by atoms with E-state index in [1.807, 2.05) is 6.07 Å². The van der Waals surface area contributed by atoms with Crippen molar-refractivity contribution in [1.29, 1.82) is 5.26 Å². The molecule has 94 valence electrons. The maximum absolute atomic E-state index is 10.8. The summed E-state index contributed by atoms with van der Waals surface area (Å²) < 4.78 is 0. The van der Waals surface area contributed by atoms with Gasteiger partial charge in [-0.1, -0.05) is 0 Å². The van der Waals surface area contributed by atoms with Crippen molar-refractivity contribution in [2.45, 2.75) is 6.04 Å². The molecule has 1 aromatic rings. The molecule has 1 saturated heterocycles. The van der Waals surface area contributed by atoms with Gasteiger partial charge in [0.15, 0.2) is 5.75 Å². The predicted octanol–water partition coefficient (Wildman–Crippen LogP) is 0.406. The second-order valence-electron chi connectivity index (χ2n) is 4.01. The fraction of sp³-hybridized carbons (Fsp3) is 0.364. The first kappa shape index (κ1) is 12.3. The average Bonchev–Trinajstić information content (AvgIpc) is 2.39. The van der Waals surface area contributed by atoms with Crippen LogP contribution < -0.4 is 10.6 Å². The number of phenolic OH excluding ortho intramolecular Hbond substituents is 1. The highest BCUT2D eigenvalue weighted by Crippen LogP contribution is 2.35. The van der Waals surface area contributed by atoms with Gasteiger partial charge in [-0.15, -0.1) is 0 Å². The first-order valence-corrected chi connectivity index (χ1v) is 5.49. The molecule has 1 atom stereocenters. The van der Waals surface area contributed by atoms with Crippen LogP contribution in [0.25, 0.3) is 0 Å². The number of phenols is 1. The van der Waals surface area contributed by atoms with E-state index in [1.165, 1.54) is 6.07 Å². The van der Waals surface area contributed by atoms with Gasteiger partial charge in [-0.25, -0.2) is 0 Å². The molecule has 0 unspecified atom stereocenters. The van der Waals surface area contributed by atoms with Crippen LogP contribution in [0.4, 0.5) is 5.69 Å². The van der Waals surface area contributed by atoms with Crippen molar-refractivity contribution in [1.82, 2.24) is 10.6 Å². The molecule has 7 nitrogen and oxygen atoms in total. The highest BCUT2D eigenvalue weighted by atomic mass is 16.6. The number of nitriles is 1. The average molecular weight is 248 g/mol. The van der Waals surface area contributed by atoms with E-state index < -0.39 is 10.6 Å². The topological polar surface area (TPSA) is 111 Å². The summed E-state index contributed by atoms with van der Waals surface area (Å²) >= 11 is 0. The molecule has 1 fully saturated rings. The zero-order chi connectivity index (χ0) is 13.1. The SMILES string of the molecule is N#Cc1cc([C@H]2CNCCN2)c(O)c([N+](=O)[O-])c1. The first-order chi connectivity index (χ1) is 8.63. The molecule has 7 heteroatoms. The van der Waals surface area contributed by atoms with Gasteiger partial charge in [0.2, 0.25) is 0 Å². The molecule has 0 amide bonds. The number of nitrogens with zero attached hydrogens (tertiary/aromatic N) is 2. The fourth-order valence-corrected chi connectivity index (χ4v) is 1.98. The van der Waals surface area contributed by atoms with Crippen LogP contribution in [0.2, 0.25) is 0 Å². The number of rotatable bonds is 2. The van der Waals surface area contributed by atoms with E-state index in [1.54, 1.807) is 0 Å². The molecule has 1 aliphatic rings. The number of aromatic hydroxyl groups is 1. The lowest BCUT2D eigenvalue weighted by molar-refractivity contribution is -0.386. The van der Waals surface area contributed by atoms with Gasteiger partial charge in [0.05, 0.1) is 16.6 Å². The second kappa shape index (κ2) is 5.00. The van der Waals surface area contributed by atoms with Crippen molar-refractivity contribution in [3.05, 3.63) is 33.4 Å². The van der Waals surface area contributed by atoms with Crippen LogP contribution in [0, 0.1) is 21.4 Å². The van der Waals surface area contributed by atoms with E-state index in [-0.39, 0.29) is 17.4 Å². The van der Waals surface area contributed by atoms with Crippen molar-refractivity contribution >= 4 is 5.69 Å². The Labute approximate surface area is 103 Å². The zero-order valence-electron chi connectivity index (χ0n) is 9.51. The summed E-state index contributed by atoms with van der Waals surface area (Å²) in [4.78, 5) is 10.1. The Bertz CT molecular complexity index is 518. The number of benzene rings is 1. The van der Waals surface area contributed by atoms with Crippen molar-refractivity contribution in [3.8, 4) is 11.8 Å². The second-order valence-corrected chi connectivity index (χ2v) is 4.01. The molecule has 1 aliphatic heterocycles. The van der Waals surface area contributed by atoms with Crippen LogP contribution in [0.1, 0.15) is 17.2 Å². The Kier molecular flexibility index (Phi) is 3.41. The number of nitro groups is 1. The van der Waals surface area contributed by atoms with Gasteiger partial charge < -0.3 is 15.7 Å². The van der Waals surface area contributed by atoms with E-state index in [0.717, 1.165) is 12.6 Å². The van der Waals surface area contributed by atoms with Gasteiger partial charge in [0.1, 0.15) is 0 Å². The largest absolute Gasteiger partial charge is 0.502 e. The van der Waals surface area contributed by atoms with Gasteiger partial charge in [-0.05, 0) is 6.07 Å². The highest BCUT2D eigenvalue weighted by molar-refractivity contribution is 5.57. The Morgan fingerprint density at radius 1 is 1.50 bits per heavy atom. The summed E-state index contributed by atoms with van der Waals surface area (Å²) in [5.74, 6) is -0.375. The maximum Gasteiger partial charge on any atom is 0.312 e. The van der Waals surface area contributed by atoms with E-state index in [4.69, 9.17) is 5.26 Å². The quantitative estimate of drug-likeness (QED) is 0.516. The lowest BCUT2D eigenvalue weighted by Crippen LogP contribution is -2.42. The number of hydrogen-bond acceptors (Lipinski definition) is 6. The Morgan fingerprint density at radius 3 is 2.83 bits per heavy atom. The van der Waals surface area contributed by atoms with Crippen molar-refractivity contribution in [3.63, 3.8) is 0 Å². The standard InChI is InChI=1S/C11H12N4O3/c12-5-7-3-8(9-6-13-1-2-14-9)11(16)10(4-7)15(17)18/h3-4,9,13-14,16H,1-2,6H2/t9-/m1/s1. The Morgan fingerprint density at radius 2 is 2.28 bits per heavy atom. The third-order valence-electron chi connectivity index (χ3n) is 2.86. The number of piperazine rings is 1. The molecule has 0 aliphatic carbocycles. The van der Waals surface area contributed by atoms with Crippen LogP contribution >= 0.6 is 0 Å². The van der Waals surface area contributed by atoms with Gasteiger partial charge in [-0.2, -0.15) is 5.26 Å². The molecular weight excluding hydrogens is 236 g/mol. The predicted molar refractivity (Wildman–Crippen MR) is 63.1 cm³/mol. The Hall–Kier alpha value is -2.17. The van der Waals surface area contributed by atoms with E-state index in [0.29, 0.717) is 18.7 Å². The first-order valence-electron chi connectivity index (χ1n) is 5.49. The zero-order valence-corrected chi connectivity index (χ0v) is 9.51. The molecule has 0 radical (unpaired) electrons. The molecule has 0 aromatic heterocycles. The number of nitrogens with one attached hydrogen (secondary N) is 2. The lowest BCUT2D eigenvalue weighted by Gasteiger charge is -2.25. The van der Waals surface area contributed by atoms with Crippen LogP contribution in [-0.2, 0) is 0 Å². The Balaban J connectivity index is 2.48. The summed E-state index contributed by atoms with van der Waals surface area (Å²) in [5.41, 5.74) is 0.117. The van der Waals surface area contributed by atoms with Crippen LogP contribution in [0.15, 0.2) is 12.1 Å². The fourth-order valence-electron chi connectivity index (χ4n) is 1.98. The van der Waals surface area contributed by atoms with Crippen molar-refractivity contribution in [2.24, 2.45) is 0 Å². The summed E-state index contributed by atoms with van der Waals surface area (Å²) in [6, 6.07) is 4.19. The number of nitro benzene ring substituents is 1. The minimum atomic E-state index is -0.685. The molecule has 0 spiro atoms. The third-order valence-corrected chi connectivity index (χ3v) is 2.86. The smallest absolute Gasteiger partial charge is 0.312 e. The number of hydrogen-bond donors (Lipinski definition) is 3. The molecule has 18 heavy (non-hydrogen) atoms. The molecule has 1 aromatic carbocycles. The highest BCUT2D eigenvalue weighted by Gasteiger charge is 2.25. The monoisotopic (exact) mass is 248 g/mol. The summed E-state index contributed by atoms with van der Waals surface area (Å²) in [6.45, 7) is 2.06. The van der Waals surface area contributed by atoms with Gasteiger partial charge in [-0.3, -0.25) is 10.1 Å². The van der Waals surface area contributed by atoms with Crippen LogP contribution in [0.3, 0.4) is 0 Å². The normalized spacial score (nSPS) is 19.2. The molecule has 3 N–H and O–H groups in total. The molecule has 0 bridgehead atoms. The molecule has 1 heterocycles. The summed E-state index contributed by atoms with van der Waals surface area (Å²) in [7, 11) is 0. The summed E-state index contributed by atoms with van der Waals surface area (Å²) in [6.07, 6.45) is 0. The molecular formula is C11H12N4O3. The minimum Gasteiger partial charge on any atom is -0.502 e. The van der Waals surface area contributed by atoms with Crippen LogP contribution in [-0.4, -0.2) is 29.7 Å². The van der Waals surface area contributed by atoms with Gasteiger partial charge in [0, 0.05) is 37.3 Å². The van der Waals surface area contributed by atoms with E-state index in [2.05, 4.69) is 10.6 Å². The van der Waals surface area contributed by atoms with Crippen molar-refractivity contribution < 1.29 is 10.0 Å². The van der Waals surface area contributed by atoms with Gasteiger partial charge in [0.25, 0.3) is 0 Å². The molecule has 2 rings (SSSR count). The maximum atomic E-state index is 10.8. The van der Waals surface area contributed by atoms with E-state index >= 15 is 0 Å². The molecule has 0 saturated carbocycles. The van der Waals surface area contributed by atoms with Gasteiger partial charge >= 0.3 is 5.69 Å². The third kappa shape index (κ3) is 2.25. The lowest BCUT2D eigenvalue weighted by atomic mass is 10.0. The minimum absolute atomic E-state index is 0.168.